The molecule has 40 heavy (non-hydrogen) atoms. The summed E-state index contributed by atoms with van der Waals surface area (Å²) < 4.78 is 19.4. The number of anilines is 2. The molecule has 0 saturated heterocycles. The number of ether oxygens (including phenoxy) is 3. The average Bonchev–Trinajstić information content (AvgIpc) is 3.31. The van der Waals surface area contributed by atoms with Crippen LogP contribution in [0, 0.1) is 6.92 Å². The summed E-state index contributed by atoms with van der Waals surface area (Å²) >= 11 is 12.7. The van der Waals surface area contributed by atoms with Crippen LogP contribution in [0.2, 0.25) is 10.0 Å². The third-order valence-corrected chi connectivity index (χ3v) is 7.26. The van der Waals surface area contributed by atoms with Gasteiger partial charge in [0.1, 0.15) is 24.1 Å². The molecule has 0 atom stereocenters. The molecule has 3 aromatic carbocycles. The number of carbonyl (C=O) groups excluding carboxylic acids is 1. The molecule has 8 nitrogen and oxygen atoms in total. The molecule has 0 spiro atoms. The van der Waals surface area contributed by atoms with Gasteiger partial charge in [-0.15, -0.1) is 0 Å². The molecule has 0 fully saturated rings. The number of hydrogen-bond donors (Lipinski definition) is 1. The first-order valence-corrected chi connectivity index (χ1v) is 13.5. The number of fused-ring (bicyclic) bond motifs is 3. The van der Waals surface area contributed by atoms with Crippen molar-refractivity contribution >= 4 is 40.6 Å². The maximum Gasteiger partial charge on any atom is 0.328 e. The predicted octanol–water partition coefficient (Wildman–Crippen LogP) is 7.96. The highest BCUT2D eigenvalue weighted by molar-refractivity contribution is 6.31. The largest absolute Gasteiger partial charge is 0.497 e. The summed E-state index contributed by atoms with van der Waals surface area (Å²) in [5.74, 6) is 2.01. The van der Waals surface area contributed by atoms with Crippen LogP contribution in [0.1, 0.15) is 31.1 Å². The number of aryl methyl sites for hydroxylation is 1. The van der Waals surface area contributed by atoms with E-state index < -0.39 is 0 Å². The lowest BCUT2D eigenvalue weighted by atomic mass is 10.1. The van der Waals surface area contributed by atoms with Gasteiger partial charge in [0, 0.05) is 27.7 Å². The Morgan fingerprint density at radius 1 is 0.975 bits per heavy atom. The van der Waals surface area contributed by atoms with E-state index in [0.29, 0.717) is 44.4 Å². The van der Waals surface area contributed by atoms with Crippen LogP contribution in [0.25, 0.3) is 22.6 Å². The molecule has 0 radical (unpaired) electrons. The average molecular weight is 582 g/mol. The summed E-state index contributed by atoms with van der Waals surface area (Å²) in [4.78, 5) is 20.3. The third kappa shape index (κ3) is 5.22. The molecule has 5 rings (SSSR count). The summed E-state index contributed by atoms with van der Waals surface area (Å²) in [5, 5.41) is 4.07. The summed E-state index contributed by atoms with van der Waals surface area (Å²) in [6.45, 7) is 6.22. The highest BCUT2D eigenvalue weighted by atomic mass is 35.5. The highest BCUT2D eigenvalue weighted by Gasteiger charge is 2.28. The Kier molecular flexibility index (Phi) is 7.94. The fourth-order valence-corrected chi connectivity index (χ4v) is 5.23. The number of hydrogen-bond acceptors (Lipinski definition) is 5. The van der Waals surface area contributed by atoms with Gasteiger partial charge in [-0.2, -0.15) is 0 Å². The van der Waals surface area contributed by atoms with Crippen LogP contribution in [0.5, 0.6) is 11.5 Å². The van der Waals surface area contributed by atoms with E-state index in [2.05, 4.69) is 23.7 Å². The van der Waals surface area contributed by atoms with Gasteiger partial charge in [0.2, 0.25) is 0 Å². The lowest BCUT2D eigenvalue weighted by molar-refractivity contribution is 0.122. The van der Waals surface area contributed by atoms with Gasteiger partial charge >= 0.3 is 6.03 Å². The van der Waals surface area contributed by atoms with E-state index in [1.54, 1.807) is 38.5 Å². The number of rotatable bonds is 5. The van der Waals surface area contributed by atoms with Gasteiger partial charge in [0.15, 0.2) is 0 Å². The molecule has 1 N–H and O–H groups in total. The zero-order valence-corrected chi connectivity index (χ0v) is 24.4. The Morgan fingerprint density at radius 2 is 1.70 bits per heavy atom. The van der Waals surface area contributed by atoms with Crippen LogP contribution in [-0.4, -0.2) is 36.5 Å². The second-order valence-corrected chi connectivity index (χ2v) is 10.6. The van der Waals surface area contributed by atoms with Crippen molar-refractivity contribution in [2.75, 3.05) is 31.2 Å². The first-order chi connectivity index (χ1) is 19.2. The van der Waals surface area contributed by atoms with Gasteiger partial charge in [-0.25, -0.2) is 9.78 Å². The number of urea groups is 1. The number of nitrogens with one attached hydrogen (secondary N) is 1. The van der Waals surface area contributed by atoms with Crippen LogP contribution in [0.3, 0.4) is 0 Å². The molecule has 1 aliphatic heterocycles. The smallest absolute Gasteiger partial charge is 0.328 e. The number of amides is 2. The fraction of sp³-hybridized carbons (Fsp3) is 0.267. The maximum absolute atomic E-state index is 13.7. The Balaban J connectivity index is 1.71. The van der Waals surface area contributed by atoms with Crippen LogP contribution < -0.4 is 19.7 Å². The molecule has 1 aliphatic rings. The van der Waals surface area contributed by atoms with E-state index in [1.165, 1.54) is 4.90 Å². The molecular formula is C30H30Cl2N4O4. The van der Waals surface area contributed by atoms with Gasteiger partial charge in [-0.1, -0.05) is 29.3 Å². The zero-order chi connectivity index (χ0) is 28.6. The molecular weight excluding hydrogens is 551 g/mol. The molecule has 0 aliphatic carbocycles. The number of nitrogens with zero attached hydrogens (tertiary/aromatic N) is 3. The molecule has 2 heterocycles. The first kappa shape index (κ1) is 27.8. The van der Waals surface area contributed by atoms with Gasteiger partial charge in [0.25, 0.3) is 0 Å². The fourth-order valence-electron chi connectivity index (χ4n) is 4.90. The quantitative estimate of drug-likeness (QED) is 0.259. The standard InChI is InChI=1S/C30H30Cl2N4O4/c1-17(2)36-28-22-10-8-19(31)12-24(22)34-30(37)35(26-13-20(32)7-6-18(26)3)16-40-15-25(28)33-29(36)23-11-9-21(38-4)14-27(23)39-5/h6-14,17H,15-16H2,1-5H3,(H,34,37). The minimum atomic E-state index is -0.370. The predicted molar refractivity (Wildman–Crippen MR) is 159 cm³/mol. The minimum Gasteiger partial charge on any atom is -0.497 e. The molecule has 208 valence electrons. The van der Waals surface area contributed by atoms with Crippen molar-refractivity contribution in [3.05, 3.63) is 75.9 Å². The number of halogens is 2. The lowest BCUT2D eigenvalue weighted by Gasteiger charge is -2.27. The summed E-state index contributed by atoms with van der Waals surface area (Å²) in [5.41, 5.74) is 5.18. The Bertz CT molecular complexity index is 1580. The molecule has 1 aromatic heterocycles. The number of methoxy groups -OCH3 is 2. The van der Waals surface area contributed by atoms with Crippen molar-refractivity contribution in [3.8, 4) is 34.1 Å². The van der Waals surface area contributed by atoms with Crippen LogP contribution in [0.4, 0.5) is 16.2 Å². The van der Waals surface area contributed by atoms with Crippen molar-refractivity contribution < 1.29 is 19.0 Å². The van der Waals surface area contributed by atoms with E-state index in [-0.39, 0.29) is 25.4 Å². The van der Waals surface area contributed by atoms with E-state index in [9.17, 15) is 4.79 Å². The monoisotopic (exact) mass is 580 g/mol. The van der Waals surface area contributed by atoms with Crippen molar-refractivity contribution in [1.29, 1.82) is 0 Å². The molecule has 4 aromatic rings. The Hall–Kier alpha value is -3.72. The number of carbonyl (C=O) groups is 1. The highest BCUT2D eigenvalue weighted by Crippen LogP contribution is 2.42. The zero-order valence-electron chi connectivity index (χ0n) is 22.9. The molecule has 0 saturated carbocycles. The van der Waals surface area contributed by atoms with Gasteiger partial charge in [-0.05, 0) is 68.8 Å². The summed E-state index contributed by atoms with van der Waals surface area (Å²) in [6.07, 6.45) is 0. The van der Waals surface area contributed by atoms with Gasteiger partial charge in [0.05, 0.1) is 49.2 Å². The normalized spacial score (nSPS) is 13.5. The summed E-state index contributed by atoms with van der Waals surface area (Å²) in [6, 6.07) is 16.1. The molecule has 2 amide bonds. The second-order valence-electron chi connectivity index (χ2n) is 9.72. The van der Waals surface area contributed by atoms with Crippen LogP contribution >= 0.6 is 23.2 Å². The van der Waals surface area contributed by atoms with E-state index in [0.717, 1.165) is 22.4 Å². The first-order valence-electron chi connectivity index (χ1n) is 12.8. The van der Waals surface area contributed by atoms with E-state index >= 15 is 0 Å². The van der Waals surface area contributed by atoms with Crippen LogP contribution in [-0.2, 0) is 11.3 Å². The van der Waals surface area contributed by atoms with Crippen molar-refractivity contribution in [2.45, 2.75) is 33.4 Å². The maximum atomic E-state index is 13.7. The molecule has 10 heteroatoms. The third-order valence-electron chi connectivity index (χ3n) is 6.79. The van der Waals surface area contributed by atoms with Crippen molar-refractivity contribution in [1.82, 2.24) is 9.55 Å². The Morgan fingerprint density at radius 3 is 2.42 bits per heavy atom. The summed E-state index contributed by atoms with van der Waals surface area (Å²) in [7, 11) is 3.23. The van der Waals surface area contributed by atoms with Crippen LogP contribution in [0.15, 0.2) is 54.6 Å². The SMILES string of the molecule is COc1ccc(-c2nc3c(n2C(C)C)-c2ccc(Cl)cc2NC(=O)N(c2cc(Cl)ccc2C)COC3)c(OC)c1. The number of aromatic nitrogens is 2. The van der Waals surface area contributed by atoms with Gasteiger partial charge < -0.3 is 24.1 Å². The minimum absolute atomic E-state index is 0.00540. The Labute approximate surface area is 243 Å². The molecule has 0 bridgehead atoms. The van der Waals surface area contributed by atoms with Gasteiger partial charge in [-0.3, -0.25) is 4.90 Å². The van der Waals surface area contributed by atoms with E-state index in [4.69, 9.17) is 42.4 Å². The molecule has 0 unspecified atom stereocenters. The number of imidazole rings is 1. The van der Waals surface area contributed by atoms with Crippen molar-refractivity contribution in [3.63, 3.8) is 0 Å². The van der Waals surface area contributed by atoms with Crippen molar-refractivity contribution in [2.24, 2.45) is 0 Å². The topological polar surface area (TPSA) is 77.9 Å². The van der Waals surface area contributed by atoms with E-state index in [1.807, 2.05) is 37.3 Å². The lowest BCUT2D eigenvalue weighted by Crippen LogP contribution is -2.37. The number of benzene rings is 3. The second kappa shape index (κ2) is 11.4.